The maximum absolute atomic E-state index is 13.0. The molecule has 1 amide bonds. The topological polar surface area (TPSA) is 63.2 Å². The summed E-state index contributed by atoms with van der Waals surface area (Å²) in [6.45, 7) is 4.20. The second-order valence-corrected chi connectivity index (χ2v) is 10.4. The molecule has 5 nitrogen and oxygen atoms in total. The molecule has 0 fully saturated rings. The number of aromatic nitrogens is 2. The Balaban J connectivity index is 1.77. The molecule has 0 saturated carbocycles. The molecule has 1 atom stereocenters. The lowest BCUT2D eigenvalue weighted by Gasteiger charge is -2.36. The zero-order valence-electron chi connectivity index (χ0n) is 14.6. The summed E-state index contributed by atoms with van der Waals surface area (Å²) in [6.07, 6.45) is 2.40. The predicted molar refractivity (Wildman–Crippen MR) is 106 cm³/mol. The number of amides is 1. The summed E-state index contributed by atoms with van der Waals surface area (Å²) >= 11 is 4.68. The van der Waals surface area contributed by atoms with Crippen LogP contribution in [0.1, 0.15) is 50.3 Å². The standard InChI is InChI=1S/C18H19N3O2S3/c1-10(2)25-18-20-19-17(26-18)21-12-5-3-6-13(22)16(12)11(9-15(21)23)14-7-4-8-24-14/h4,7-8,10-11H,3,5-6,9H2,1-2H3/t11-/m1/s1. The van der Waals surface area contributed by atoms with Gasteiger partial charge in [-0.1, -0.05) is 43.0 Å². The number of hydrogen-bond acceptors (Lipinski definition) is 7. The van der Waals surface area contributed by atoms with E-state index in [4.69, 9.17) is 0 Å². The molecule has 2 aromatic rings. The van der Waals surface area contributed by atoms with Gasteiger partial charge in [-0.25, -0.2) is 0 Å². The molecule has 1 aliphatic heterocycles. The van der Waals surface area contributed by atoms with Crippen molar-refractivity contribution in [3.8, 4) is 0 Å². The van der Waals surface area contributed by atoms with Crippen LogP contribution in [-0.4, -0.2) is 27.1 Å². The van der Waals surface area contributed by atoms with Gasteiger partial charge in [0.25, 0.3) is 0 Å². The van der Waals surface area contributed by atoms with E-state index in [-0.39, 0.29) is 17.6 Å². The first-order chi connectivity index (χ1) is 12.5. The summed E-state index contributed by atoms with van der Waals surface area (Å²) in [6, 6.07) is 4.00. The van der Waals surface area contributed by atoms with Crippen LogP contribution in [0.4, 0.5) is 5.13 Å². The highest BCUT2D eigenvalue weighted by molar-refractivity contribution is 8.01. The van der Waals surface area contributed by atoms with Gasteiger partial charge in [0.2, 0.25) is 11.0 Å². The van der Waals surface area contributed by atoms with Crippen LogP contribution in [0.3, 0.4) is 0 Å². The van der Waals surface area contributed by atoms with E-state index in [1.54, 1.807) is 28.0 Å². The van der Waals surface area contributed by atoms with Crippen LogP contribution >= 0.6 is 34.4 Å². The van der Waals surface area contributed by atoms with Crippen LogP contribution in [0.25, 0.3) is 0 Å². The Morgan fingerprint density at radius 3 is 2.85 bits per heavy atom. The fraction of sp³-hybridized carbons (Fsp3) is 0.444. The van der Waals surface area contributed by atoms with Crippen molar-refractivity contribution < 1.29 is 9.59 Å². The fourth-order valence-electron chi connectivity index (χ4n) is 3.49. The minimum atomic E-state index is -0.112. The van der Waals surface area contributed by atoms with Crippen molar-refractivity contribution in [1.82, 2.24) is 10.2 Å². The summed E-state index contributed by atoms with van der Waals surface area (Å²) in [7, 11) is 0. The minimum Gasteiger partial charge on any atom is -0.294 e. The highest BCUT2D eigenvalue weighted by Crippen LogP contribution is 2.45. The lowest BCUT2D eigenvalue weighted by molar-refractivity contribution is -0.119. The van der Waals surface area contributed by atoms with Crippen LogP contribution in [0.15, 0.2) is 33.1 Å². The molecule has 2 aliphatic rings. The Labute approximate surface area is 164 Å². The molecule has 4 rings (SSSR count). The molecule has 0 saturated heterocycles. The van der Waals surface area contributed by atoms with Crippen molar-refractivity contribution in [2.45, 2.75) is 55.0 Å². The van der Waals surface area contributed by atoms with E-state index in [2.05, 4.69) is 24.0 Å². The molecular weight excluding hydrogens is 386 g/mol. The minimum absolute atomic E-state index is 0.00842. The molecule has 0 N–H and O–H groups in total. The largest absolute Gasteiger partial charge is 0.294 e. The number of carbonyl (C=O) groups excluding carboxylic acids is 2. The van der Waals surface area contributed by atoms with Crippen molar-refractivity contribution >= 4 is 51.3 Å². The zero-order chi connectivity index (χ0) is 18.3. The monoisotopic (exact) mass is 405 g/mol. The smallest absolute Gasteiger partial charge is 0.234 e. The molecule has 0 radical (unpaired) electrons. The van der Waals surface area contributed by atoms with E-state index in [1.165, 1.54) is 11.3 Å². The highest BCUT2D eigenvalue weighted by atomic mass is 32.2. The van der Waals surface area contributed by atoms with Gasteiger partial charge >= 0.3 is 0 Å². The Morgan fingerprint density at radius 1 is 1.27 bits per heavy atom. The third kappa shape index (κ3) is 3.25. The van der Waals surface area contributed by atoms with Gasteiger partial charge in [-0.15, -0.1) is 21.5 Å². The summed E-state index contributed by atoms with van der Waals surface area (Å²) in [5.41, 5.74) is 1.65. The second-order valence-electron chi connectivity index (χ2n) is 6.66. The average molecular weight is 406 g/mol. The van der Waals surface area contributed by atoms with E-state index < -0.39 is 0 Å². The van der Waals surface area contributed by atoms with Crippen molar-refractivity contribution in [2.75, 3.05) is 4.90 Å². The molecule has 3 heterocycles. The first-order valence-corrected chi connectivity index (χ1v) is 11.2. The molecule has 0 spiro atoms. The first kappa shape index (κ1) is 17.9. The number of ketones is 1. The number of thioether (sulfide) groups is 1. The van der Waals surface area contributed by atoms with E-state index >= 15 is 0 Å². The van der Waals surface area contributed by atoms with Crippen molar-refractivity contribution in [2.24, 2.45) is 0 Å². The number of Topliss-reactive ketones (excluding diaryl/α,β-unsaturated/α-hetero) is 1. The zero-order valence-corrected chi connectivity index (χ0v) is 17.0. The Morgan fingerprint density at radius 2 is 2.12 bits per heavy atom. The van der Waals surface area contributed by atoms with Gasteiger partial charge in [0.1, 0.15) is 0 Å². The number of carbonyl (C=O) groups is 2. The summed E-state index contributed by atoms with van der Waals surface area (Å²) in [5.74, 6) is 0.0662. The second kappa shape index (κ2) is 7.25. The molecular formula is C18H19N3O2S3. The van der Waals surface area contributed by atoms with Crippen LogP contribution in [0, 0.1) is 0 Å². The molecule has 0 unspecified atom stereocenters. The van der Waals surface area contributed by atoms with Crippen LogP contribution in [0.5, 0.6) is 0 Å². The van der Waals surface area contributed by atoms with Crippen LogP contribution in [0.2, 0.25) is 0 Å². The molecule has 0 aromatic carbocycles. The molecule has 1 aliphatic carbocycles. The van der Waals surface area contributed by atoms with Gasteiger partial charge in [-0.05, 0) is 24.3 Å². The third-order valence-corrected chi connectivity index (χ3v) is 7.47. The van der Waals surface area contributed by atoms with Gasteiger partial charge in [0.15, 0.2) is 10.1 Å². The van der Waals surface area contributed by atoms with E-state index in [0.29, 0.717) is 23.2 Å². The van der Waals surface area contributed by atoms with Gasteiger partial charge in [-0.2, -0.15) is 0 Å². The van der Waals surface area contributed by atoms with Crippen molar-refractivity contribution in [3.05, 3.63) is 33.7 Å². The Hall–Kier alpha value is -1.51. The van der Waals surface area contributed by atoms with Crippen LogP contribution in [-0.2, 0) is 9.59 Å². The van der Waals surface area contributed by atoms with Crippen molar-refractivity contribution in [1.29, 1.82) is 0 Å². The predicted octanol–water partition coefficient (Wildman–Crippen LogP) is 4.63. The number of hydrogen-bond donors (Lipinski definition) is 0. The van der Waals surface area contributed by atoms with Gasteiger partial charge in [0, 0.05) is 40.2 Å². The maximum atomic E-state index is 13.0. The highest BCUT2D eigenvalue weighted by Gasteiger charge is 2.41. The number of thiophene rings is 1. The third-order valence-electron chi connectivity index (χ3n) is 4.49. The SMILES string of the molecule is CC(C)Sc1nnc(N2C(=O)C[C@H](c3cccs3)C3=C2CCCC3=O)s1. The average Bonchev–Trinajstić information content (AvgIpc) is 3.25. The number of nitrogens with zero attached hydrogens (tertiary/aromatic N) is 3. The summed E-state index contributed by atoms with van der Waals surface area (Å²) in [4.78, 5) is 28.5. The quantitative estimate of drug-likeness (QED) is 0.548. The molecule has 0 bridgehead atoms. The van der Waals surface area contributed by atoms with Crippen molar-refractivity contribution in [3.63, 3.8) is 0 Å². The van der Waals surface area contributed by atoms with Crippen LogP contribution < -0.4 is 4.90 Å². The van der Waals surface area contributed by atoms with E-state index in [9.17, 15) is 9.59 Å². The molecule has 8 heteroatoms. The first-order valence-electron chi connectivity index (χ1n) is 8.67. The Kier molecular flexibility index (Phi) is 4.98. The maximum Gasteiger partial charge on any atom is 0.234 e. The lowest BCUT2D eigenvalue weighted by atomic mass is 9.80. The number of anilines is 1. The summed E-state index contributed by atoms with van der Waals surface area (Å²) in [5, 5.41) is 11.5. The molecule has 136 valence electrons. The number of rotatable bonds is 4. The van der Waals surface area contributed by atoms with E-state index in [1.807, 2.05) is 17.5 Å². The lowest BCUT2D eigenvalue weighted by Crippen LogP contribution is -2.40. The van der Waals surface area contributed by atoms with E-state index in [0.717, 1.165) is 33.3 Å². The van der Waals surface area contributed by atoms with Gasteiger partial charge in [0.05, 0.1) is 0 Å². The molecule has 2 aromatic heterocycles. The van der Waals surface area contributed by atoms with Gasteiger partial charge < -0.3 is 0 Å². The fourth-order valence-corrected chi connectivity index (χ4v) is 6.43. The summed E-state index contributed by atoms with van der Waals surface area (Å²) < 4.78 is 0.854. The molecule has 26 heavy (non-hydrogen) atoms. The van der Waals surface area contributed by atoms with Gasteiger partial charge in [-0.3, -0.25) is 14.5 Å². The Bertz CT molecular complexity index is 870. The normalized spacial score (nSPS) is 20.9. The number of allylic oxidation sites excluding steroid dienone is 2.